The molecule has 0 bridgehead atoms. The molecule has 0 amide bonds. The SMILES string of the molecule is CCCCc1cc(C(C)(C)C)c(Br)cc1O. The lowest BCUT2D eigenvalue weighted by molar-refractivity contribution is 0.464. The number of phenols is 1. The van der Waals surface area contributed by atoms with Crippen LogP contribution in [0.5, 0.6) is 5.75 Å². The van der Waals surface area contributed by atoms with Crippen molar-refractivity contribution in [2.45, 2.75) is 52.4 Å². The van der Waals surface area contributed by atoms with Gasteiger partial charge in [0.1, 0.15) is 5.75 Å². The number of rotatable bonds is 3. The second-order valence-electron chi connectivity index (χ2n) is 5.31. The molecule has 1 N–H and O–H groups in total. The van der Waals surface area contributed by atoms with Gasteiger partial charge in [0, 0.05) is 4.47 Å². The molecule has 0 heterocycles. The van der Waals surface area contributed by atoms with E-state index in [2.05, 4.69) is 49.7 Å². The van der Waals surface area contributed by atoms with E-state index in [1.807, 2.05) is 6.07 Å². The molecular formula is C14H21BrO. The quantitative estimate of drug-likeness (QED) is 0.846. The van der Waals surface area contributed by atoms with Crippen LogP contribution in [-0.4, -0.2) is 5.11 Å². The van der Waals surface area contributed by atoms with Crippen LogP contribution in [-0.2, 0) is 11.8 Å². The Morgan fingerprint density at radius 3 is 2.38 bits per heavy atom. The molecule has 0 radical (unpaired) electrons. The number of hydrogen-bond acceptors (Lipinski definition) is 1. The molecule has 0 saturated heterocycles. The molecule has 0 aliphatic heterocycles. The fourth-order valence-electron chi connectivity index (χ4n) is 1.75. The molecule has 1 nitrogen and oxygen atoms in total. The predicted octanol–water partition coefficient (Wildman–Crippen LogP) is 4.79. The van der Waals surface area contributed by atoms with Gasteiger partial charge in [-0.1, -0.05) is 56.1 Å². The number of unbranched alkanes of at least 4 members (excludes halogenated alkanes) is 1. The minimum atomic E-state index is 0.105. The normalized spacial score (nSPS) is 11.8. The predicted molar refractivity (Wildman–Crippen MR) is 73.1 cm³/mol. The fraction of sp³-hybridized carbons (Fsp3) is 0.571. The van der Waals surface area contributed by atoms with Crippen LogP contribution >= 0.6 is 15.9 Å². The van der Waals surface area contributed by atoms with Crippen LogP contribution in [0, 0.1) is 0 Å². The minimum absolute atomic E-state index is 0.105. The average molecular weight is 285 g/mol. The third-order valence-electron chi connectivity index (χ3n) is 2.78. The van der Waals surface area contributed by atoms with E-state index in [1.165, 1.54) is 5.56 Å². The lowest BCUT2D eigenvalue weighted by Gasteiger charge is -2.22. The molecule has 0 saturated carbocycles. The molecule has 1 rings (SSSR count). The highest BCUT2D eigenvalue weighted by molar-refractivity contribution is 9.10. The van der Waals surface area contributed by atoms with Crippen molar-refractivity contribution in [3.05, 3.63) is 27.7 Å². The number of aryl methyl sites for hydroxylation is 1. The van der Waals surface area contributed by atoms with E-state index in [-0.39, 0.29) is 5.41 Å². The lowest BCUT2D eigenvalue weighted by Crippen LogP contribution is -2.12. The highest BCUT2D eigenvalue weighted by Crippen LogP contribution is 2.35. The first-order chi connectivity index (χ1) is 7.36. The van der Waals surface area contributed by atoms with Crippen molar-refractivity contribution in [3.63, 3.8) is 0 Å². The van der Waals surface area contributed by atoms with Gasteiger partial charge in [-0.3, -0.25) is 0 Å². The molecule has 0 aliphatic carbocycles. The standard InChI is InChI=1S/C14H21BrO/c1-5-6-7-10-8-11(14(2,3)4)12(15)9-13(10)16/h8-9,16H,5-7H2,1-4H3. The summed E-state index contributed by atoms with van der Waals surface area (Å²) < 4.78 is 0.998. The number of aromatic hydroxyl groups is 1. The summed E-state index contributed by atoms with van der Waals surface area (Å²) in [5, 5.41) is 9.88. The van der Waals surface area contributed by atoms with Crippen molar-refractivity contribution in [2.24, 2.45) is 0 Å². The highest BCUT2D eigenvalue weighted by atomic mass is 79.9. The van der Waals surface area contributed by atoms with Gasteiger partial charge in [-0.25, -0.2) is 0 Å². The van der Waals surface area contributed by atoms with Crippen molar-refractivity contribution < 1.29 is 5.11 Å². The van der Waals surface area contributed by atoms with Crippen molar-refractivity contribution in [2.75, 3.05) is 0 Å². The molecule has 16 heavy (non-hydrogen) atoms. The smallest absolute Gasteiger partial charge is 0.119 e. The van der Waals surface area contributed by atoms with Gasteiger partial charge in [0.25, 0.3) is 0 Å². The molecule has 0 aliphatic rings. The van der Waals surface area contributed by atoms with E-state index in [1.54, 1.807) is 0 Å². The Labute approximate surface area is 107 Å². The second-order valence-corrected chi connectivity index (χ2v) is 6.17. The number of benzene rings is 1. The molecule has 1 aromatic rings. The van der Waals surface area contributed by atoms with E-state index in [4.69, 9.17) is 0 Å². The van der Waals surface area contributed by atoms with Crippen LogP contribution in [0.4, 0.5) is 0 Å². The van der Waals surface area contributed by atoms with Gasteiger partial charge in [0.2, 0.25) is 0 Å². The summed E-state index contributed by atoms with van der Waals surface area (Å²) in [6.45, 7) is 8.73. The summed E-state index contributed by atoms with van der Waals surface area (Å²) in [6, 6.07) is 3.96. The molecule has 1 aromatic carbocycles. The molecule has 90 valence electrons. The summed E-state index contributed by atoms with van der Waals surface area (Å²) in [5.74, 6) is 0.410. The number of halogens is 1. The first-order valence-corrected chi connectivity index (χ1v) is 6.67. The van der Waals surface area contributed by atoms with Gasteiger partial charge in [-0.05, 0) is 35.4 Å². The van der Waals surface area contributed by atoms with Crippen molar-refractivity contribution in [1.29, 1.82) is 0 Å². The van der Waals surface area contributed by atoms with Gasteiger partial charge in [0.15, 0.2) is 0 Å². The van der Waals surface area contributed by atoms with Crippen LogP contribution in [0.2, 0.25) is 0 Å². The molecule has 0 spiro atoms. The summed E-state index contributed by atoms with van der Waals surface area (Å²) in [6.07, 6.45) is 3.23. The van der Waals surface area contributed by atoms with Gasteiger partial charge < -0.3 is 5.11 Å². The van der Waals surface area contributed by atoms with Crippen molar-refractivity contribution in [3.8, 4) is 5.75 Å². The summed E-state index contributed by atoms with van der Waals surface area (Å²) in [4.78, 5) is 0. The van der Waals surface area contributed by atoms with E-state index < -0.39 is 0 Å². The maximum absolute atomic E-state index is 9.88. The Morgan fingerprint density at radius 1 is 1.25 bits per heavy atom. The van der Waals surface area contributed by atoms with Gasteiger partial charge in [-0.2, -0.15) is 0 Å². The summed E-state index contributed by atoms with van der Waals surface area (Å²) in [5.41, 5.74) is 2.43. The maximum atomic E-state index is 9.88. The van der Waals surface area contributed by atoms with Crippen molar-refractivity contribution in [1.82, 2.24) is 0 Å². The topological polar surface area (TPSA) is 20.2 Å². The van der Waals surface area contributed by atoms with Crippen molar-refractivity contribution >= 4 is 15.9 Å². The molecule has 0 aromatic heterocycles. The van der Waals surface area contributed by atoms with E-state index in [0.29, 0.717) is 5.75 Å². The third kappa shape index (κ3) is 3.24. The Kier molecular flexibility index (Phi) is 4.43. The van der Waals surface area contributed by atoms with Crippen LogP contribution < -0.4 is 0 Å². The Hall–Kier alpha value is -0.500. The first-order valence-electron chi connectivity index (χ1n) is 5.88. The largest absolute Gasteiger partial charge is 0.508 e. The first kappa shape index (κ1) is 13.6. The van der Waals surface area contributed by atoms with Gasteiger partial charge in [-0.15, -0.1) is 0 Å². The number of hydrogen-bond donors (Lipinski definition) is 1. The average Bonchev–Trinajstić information content (AvgIpc) is 2.14. The van der Waals surface area contributed by atoms with E-state index in [0.717, 1.165) is 29.3 Å². The highest BCUT2D eigenvalue weighted by Gasteiger charge is 2.19. The Morgan fingerprint density at radius 2 is 1.88 bits per heavy atom. The summed E-state index contributed by atoms with van der Waals surface area (Å²) in [7, 11) is 0. The summed E-state index contributed by atoms with van der Waals surface area (Å²) >= 11 is 3.53. The molecular weight excluding hydrogens is 264 g/mol. The lowest BCUT2D eigenvalue weighted by atomic mass is 9.85. The Balaban J connectivity index is 3.11. The minimum Gasteiger partial charge on any atom is -0.508 e. The van der Waals surface area contributed by atoms with Crippen LogP contribution in [0.3, 0.4) is 0 Å². The second kappa shape index (κ2) is 5.22. The third-order valence-corrected chi connectivity index (χ3v) is 3.43. The van der Waals surface area contributed by atoms with Crippen LogP contribution in [0.25, 0.3) is 0 Å². The van der Waals surface area contributed by atoms with Gasteiger partial charge in [0.05, 0.1) is 0 Å². The van der Waals surface area contributed by atoms with Crippen LogP contribution in [0.15, 0.2) is 16.6 Å². The zero-order chi connectivity index (χ0) is 12.3. The zero-order valence-corrected chi connectivity index (χ0v) is 12.2. The van der Waals surface area contributed by atoms with Crippen LogP contribution in [0.1, 0.15) is 51.7 Å². The maximum Gasteiger partial charge on any atom is 0.119 e. The zero-order valence-electron chi connectivity index (χ0n) is 10.6. The monoisotopic (exact) mass is 284 g/mol. The van der Waals surface area contributed by atoms with E-state index >= 15 is 0 Å². The Bertz CT molecular complexity index is 364. The molecule has 0 atom stereocenters. The molecule has 0 fully saturated rings. The molecule has 0 unspecified atom stereocenters. The van der Waals surface area contributed by atoms with Gasteiger partial charge >= 0.3 is 0 Å². The van der Waals surface area contributed by atoms with E-state index in [9.17, 15) is 5.11 Å². The molecule has 2 heteroatoms. The fourth-order valence-corrected chi connectivity index (χ4v) is 2.68. The number of phenolic OH excluding ortho intramolecular Hbond substituents is 1.